The molecule has 25 heavy (non-hydrogen) atoms. The minimum absolute atomic E-state index is 0.00808. The Labute approximate surface area is 168 Å². The molecule has 1 atom stereocenters. The molecule has 2 heterocycles. The highest BCUT2D eigenvalue weighted by Gasteiger charge is 2.47. The van der Waals surface area contributed by atoms with E-state index >= 15 is 0 Å². The molecule has 0 amide bonds. The van der Waals surface area contributed by atoms with Crippen LogP contribution in [0.25, 0.3) is 0 Å². The molecule has 0 aromatic rings. The van der Waals surface area contributed by atoms with Crippen molar-refractivity contribution in [1.82, 2.24) is 4.90 Å². The summed E-state index contributed by atoms with van der Waals surface area (Å²) < 4.78 is 3.63. The molecule has 9 heteroatoms. The number of halogens is 5. The molecular weight excluding hydrogens is 427 g/mol. The molecule has 0 radical (unpaired) electrons. The Morgan fingerprint density at radius 2 is 1.96 bits per heavy atom. The summed E-state index contributed by atoms with van der Waals surface area (Å²) >= 11 is 30.1. The molecule has 4 aliphatic rings. The summed E-state index contributed by atoms with van der Waals surface area (Å²) in [6.07, 6.45) is 9.71. The van der Waals surface area contributed by atoms with Crippen LogP contribution in [0.2, 0.25) is 0 Å². The summed E-state index contributed by atoms with van der Waals surface area (Å²) in [4.78, 5) is 10.6. The van der Waals surface area contributed by atoms with E-state index in [0.717, 1.165) is 22.5 Å². The average Bonchev–Trinajstić information content (AvgIpc) is 2.90. The second-order valence-electron chi connectivity index (χ2n) is 5.46. The van der Waals surface area contributed by atoms with Crippen molar-refractivity contribution in [2.75, 3.05) is 7.11 Å². The smallest absolute Gasteiger partial charge is 0.297 e. The van der Waals surface area contributed by atoms with Gasteiger partial charge < -0.3 is 0 Å². The number of hydrogen-bond acceptors (Lipinski definition) is 3. The van der Waals surface area contributed by atoms with Gasteiger partial charge in [-0.3, -0.25) is 9.32 Å². The lowest BCUT2D eigenvalue weighted by atomic mass is 9.86. The van der Waals surface area contributed by atoms with Crippen LogP contribution < -0.4 is 0 Å². The van der Waals surface area contributed by atoms with Gasteiger partial charge in [0.15, 0.2) is 11.7 Å². The topological polar surface area (TPSA) is 39.3 Å². The number of fused-ring (bicyclic) bond motifs is 3. The molecule has 0 saturated carbocycles. The Morgan fingerprint density at radius 1 is 1.20 bits per heavy atom. The fourth-order valence-corrected chi connectivity index (χ4v) is 3.72. The van der Waals surface area contributed by atoms with Crippen molar-refractivity contribution in [3.8, 4) is 0 Å². The molecule has 0 bridgehead atoms. The maximum Gasteiger partial charge on any atom is 0.350 e. The van der Waals surface area contributed by atoms with E-state index in [1.807, 2.05) is 35.3 Å². The molecule has 0 saturated heterocycles. The Balaban J connectivity index is 1.96. The quantitative estimate of drug-likeness (QED) is 0.406. The van der Waals surface area contributed by atoms with Crippen LogP contribution in [0.4, 0.5) is 0 Å². The van der Waals surface area contributed by atoms with Gasteiger partial charge in [0.1, 0.15) is 10.3 Å². The summed E-state index contributed by atoms with van der Waals surface area (Å²) in [5, 5.41) is 0. The fourth-order valence-electron chi connectivity index (χ4n) is 3.20. The lowest BCUT2D eigenvalue weighted by Gasteiger charge is -2.31. The van der Waals surface area contributed by atoms with E-state index in [4.69, 9.17) is 62.4 Å². The van der Waals surface area contributed by atoms with Crippen LogP contribution in [0.5, 0.6) is 0 Å². The number of hydrogen-bond donors (Lipinski definition) is 0. The van der Waals surface area contributed by atoms with Gasteiger partial charge in [-0.2, -0.15) is 0 Å². The number of rotatable bonds is 0. The molecule has 0 aromatic heterocycles. The van der Waals surface area contributed by atoms with Gasteiger partial charge in [-0.25, -0.2) is 9.98 Å². The first kappa shape index (κ1) is 17.4. The Bertz CT molecular complexity index is 924. The highest BCUT2D eigenvalue weighted by atomic mass is 35.6. The number of nitrogens with zero attached hydrogens (tertiary/aromatic N) is 3. The SMILES string of the molecule is C[O+]=C1C=CC2=C3C1=CC=CC3N1C2=NC(C(Cl)(Cl)Cl)=NC1=C(Cl)Cl. The molecule has 128 valence electrons. The van der Waals surface area contributed by atoms with Crippen molar-refractivity contribution < 1.29 is 4.42 Å². The zero-order chi connectivity index (χ0) is 17.9. The Hall–Kier alpha value is -1.04. The molecule has 0 N–H and O–H groups in total. The van der Waals surface area contributed by atoms with Crippen LogP contribution >= 0.6 is 58.0 Å². The van der Waals surface area contributed by atoms with Gasteiger partial charge in [0.25, 0.3) is 7.11 Å². The number of amidine groups is 2. The lowest BCUT2D eigenvalue weighted by Crippen LogP contribution is -2.39. The van der Waals surface area contributed by atoms with E-state index in [-0.39, 0.29) is 22.2 Å². The van der Waals surface area contributed by atoms with Gasteiger partial charge in [0, 0.05) is 17.2 Å². The van der Waals surface area contributed by atoms with E-state index in [2.05, 4.69) is 9.98 Å². The second kappa shape index (κ2) is 6.00. The normalized spacial score (nSPS) is 25.8. The van der Waals surface area contributed by atoms with Crippen molar-refractivity contribution in [3.05, 3.63) is 57.4 Å². The van der Waals surface area contributed by atoms with Crippen molar-refractivity contribution >= 4 is 75.5 Å². The van der Waals surface area contributed by atoms with Crippen molar-refractivity contribution in [2.45, 2.75) is 9.83 Å². The lowest BCUT2D eigenvalue weighted by molar-refractivity contribution is -0.418. The maximum atomic E-state index is 6.08. The molecule has 1 unspecified atom stereocenters. The zero-order valence-electron chi connectivity index (χ0n) is 12.6. The predicted molar refractivity (Wildman–Crippen MR) is 104 cm³/mol. The monoisotopic (exact) mass is 434 g/mol. The second-order valence-corrected chi connectivity index (χ2v) is 8.69. The Morgan fingerprint density at radius 3 is 2.60 bits per heavy atom. The molecule has 0 fully saturated rings. The standard InChI is InChI=1S/C16H9Cl5N3O/c1-25-10-6-5-8-11-7(10)3-2-4-9(11)24-13(8)22-15(16(19,20)21)23-14(24)12(17)18/h2-6,9H,1H3/q+1. The molecule has 2 aliphatic carbocycles. The maximum absolute atomic E-state index is 6.08. The fraction of sp³-hybridized carbons (Fsp3) is 0.188. The number of allylic oxidation sites excluding steroid dienone is 3. The summed E-state index contributed by atoms with van der Waals surface area (Å²) in [6.45, 7) is 0. The molecule has 0 aromatic carbocycles. The number of ketones is 1. The van der Waals surface area contributed by atoms with E-state index in [0.29, 0.717) is 5.84 Å². The zero-order valence-corrected chi connectivity index (χ0v) is 16.4. The highest BCUT2D eigenvalue weighted by molar-refractivity contribution is 6.77. The first-order valence-corrected chi connectivity index (χ1v) is 9.03. The van der Waals surface area contributed by atoms with E-state index in [1.165, 1.54) is 0 Å². The van der Waals surface area contributed by atoms with Crippen LogP contribution in [0.15, 0.2) is 67.4 Å². The van der Waals surface area contributed by atoms with Gasteiger partial charge in [0.2, 0.25) is 3.79 Å². The van der Waals surface area contributed by atoms with E-state index in [9.17, 15) is 0 Å². The largest absolute Gasteiger partial charge is 0.350 e. The van der Waals surface area contributed by atoms with Gasteiger partial charge in [-0.1, -0.05) is 70.2 Å². The van der Waals surface area contributed by atoms with Gasteiger partial charge >= 0.3 is 5.78 Å². The Kier molecular flexibility index (Phi) is 4.17. The van der Waals surface area contributed by atoms with Crippen LogP contribution in [-0.2, 0) is 4.42 Å². The highest BCUT2D eigenvalue weighted by Crippen LogP contribution is 2.44. The third-order valence-electron chi connectivity index (χ3n) is 4.14. The number of alkyl halides is 3. The molecule has 4 nitrogen and oxygen atoms in total. The third kappa shape index (κ3) is 2.63. The first-order valence-electron chi connectivity index (χ1n) is 7.15. The van der Waals surface area contributed by atoms with Crippen LogP contribution in [-0.4, -0.2) is 39.3 Å². The number of aliphatic imine (C=N–C) groups is 2. The molecular formula is C16H9Cl5N3O+. The first-order chi connectivity index (χ1) is 11.8. The van der Waals surface area contributed by atoms with Crippen LogP contribution in [0.3, 0.4) is 0 Å². The minimum Gasteiger partial charge on any atom is -0.297 e. The summed E-state index contributed by atoms with van der Waals surface area (Å²) in [5.74, 6) is 1.63. The van der Waals surface area contributed by atoms with Crippen molar-refractivity contribution in [3.63, 3.8) is 0 Å². The van der Waals surface area contributed by atoms with Crippen molar-refractivity contribution in [1.29, 1.82) is 0 Å². The van der Waals surface area contributed by atoms with E-state index < -0.39 is 3.79 Å². The predicted octanol–water partition coefficient (Wildman–Crippen LogP) is 4.55. The third-order valence-corrected chi connectivity index (χ3v) is 4.99. The van der Waals surface area contributed by atoms with Crippen molar-refractivity contribution in [2.24, 2.45) is 9.98 Å². The number of carbonyl (C=O) groups excluding carboxylic acids is 1. The van der Waals surface area contributed by atoms with Gasteiger partial charge in [0.05, 0.1) is 11.6 Å². The van der Waals surface area contributed by atoms with Gasteiger partial charge in [-0.05, 0) is 12.2 Å². The van der Waals surface area contributed by atoms with E-state index in [1.54, 1.807) is 7.11 Å². The minimum atomic E-state index is -1.80. The average molecular weight is 437 g/mol. The summed E-state index contributed by atoms with van der Waals surface area (Å²) in [6, 6.07) is -0.174. The van der Waals surface area contributed by atoms with Crippen LogP contribution in [0.1, 0.15) is 0 Å². The molecule has 0 spiro atoms. The molecule has 4 rings (SSSR count). The molecule has 2 aliphatic heterocycles. The van der Waals surface area contributed by atoms with Gasteiger partial charge in [-0.15, -0.1) is 0 Å². The van der Waals surface area contributed by atoms with Crippen LogP contribution in [0, 0.1) is 0 Å². The summed E-state index contributed by atoms with van der Waals surface area (Å²) in [7, 11) is 1.63. The summed E-state index contributed by atoms with van der Waals surface area (Å²) in [5.41, 5.74) is 2.87.